The summed E-state index contributed by atoms with van der Waals surface area (Å²) in [6.45, 7) is 6.80. The molecule has 1 aromatic rings. The second kappa shape index (κ2) is 3.64. The van der Waals surface area contributed by atoms with E-state index in [0.717, 1.165) is 6.42 Å². The van der Waals surface area contributed by atoms with Gasteiger partial charge in [0.25, 0.3) is 0 Å². The minimum Gasteiger partial charge on any atom is -0.324 e. The summed E-state index contributed by atoms with van der Waals surface area (Å²) in [7, 11) is 0. The molecular weight excluding hydrogens is 182 g/mol. The summed E-state index contributed by atoms with van der Waals surface area (Å²) < 4.78 is 0. The van der Waals surface area contributed by atoms with Crippen molar-refractivity contribution in [2.75, 3.05) is 0 Å². The number of rotatable bonds is 3. The predicted octanol–water partition coefficient (Wildman–Crippen LogP) is 3.29. The largest absolute Gasteiger partial charge is 0.324 e. The Morgan fingerprint density at radius 1 is 1.47 bits per heavy atom. The van der Waals surface area contributed by atoms with Crippen LogP contribution in [0.25, 0.3) is 0 Å². The molecule has 1 nitrogen and oxygen atoms in total. The summed E-state index contributed by atoms with van der Waals surface area (Å²) >= 11 is 0. The van der Waals surface area contributed by atoms with Crippen LogP contribution in [0.4, 0.5) is 0 Å². The van der Waals surface area contributed by atoms with E-state index >= 15 is 0 Å². The molecule has 0 heterocycles. The van der Waals surface area contributed by atoms with Crippen molar-refractivity contribution < 1.29 is 0 Å². The Hall–Kier alpha value is -0.820. The van der Waals surface area contributed by atoms with Crippen LogP contribution in [-0.2, 0) is 6.42 Å². The van der Waals surface area contributed by atoms with Crippen molar-refractivity contribution >= 4 is 0 Å². The van der Waals surface area contributed by atoms with Gasteiger partial charge in [0.15, 0.2) is 0 Å². The van der Waals surface area contributed by atoms with E-state index in [0.29, 0.717) is 11.3 Å². The van der Waals surface area contributed by atoms with Gasteiger partial charge in [0.2, 0.25) is 0 Å². The number of aryl methyl sites for hydroxylation is 1. The number of hydrogen-bond donors (Lipinski definition) is 1. The van der Waals surface area contributed by atoms with Gasteiger partial charge in [-0.2, -0.15) is 0 Å². The summed E-state index contributed by atoms with van der Waals surface area (Å²) in [5.41, 5.74) is 9.46. The minimum absolute atomic E-state index is 0.228. The highest BCUT2D eigenvalue weighted by Gasteiger charge is 2.49. The van der Waals surface area contributed by atoms with Crippen molar-refractivity contribution in [2.45, 2.75) is 39.7 Å². The highest BCUT2D eigenvalue weighted by Crippen LogP contribution is 2.56. The Balaban J connectivity index is 2.15. The van der Waals surface area contributed by atoms with Gasteiger partial charge in [0, 0.05) is 6.04 Å². The average Bonchev–Trinajstić information content (AvgIpc) is 2.87. The highest BCUT2D eigenvalue weighted by atomic mass is 14.7. The Bertz CT molecular complexity index is 354. The number of nitrogens with two attached hydrogens (primary N) is 1. The van der Waals surface area contributed by atoms with E-state index in [1.54, 1.807) is 0 Å². The molecule has 1 aromatic carbocycles. The zero-order valence-corrected chi connectivity index (χ0v) is 9.96. The molecule has 2 rings (SSSR count). The third-order valence-electron chi connectivity index (χ3n) is 3.77. The lowest BCUT2D eigenvalue weighted by molar-refractivity contribution is 0.491. The SMILES string of the molecule is CCc1cccc(C(N)C2CC2(C)C)c1. The van der Waals surface area contributed by atoms with Crippen molar-refractivity contribution in [3.8, 4) is 0 Å². The van der Waals surface area contributed by atoms with Crippen LogP contribution >= 0.6 is 0 Å². The first-order chi connectivity index (χ1) is 7.04. The van der Waals surface area contributed by atoms with Gasteiger partial charge < -0.3 is 5.73 Å². The molecule has 15 heavy (non-hydrogen) atoms. The lowest BCUT2D eigenvalue weighted by Crippen LogP contribution is -2.15. The summed E-state index contributed by atoms with van der Waals surface area (Å²) in [6.07, 6.45) is 2.36. The fourth-order valence-electron chi connectivity index (χ4n) is 2.37. The van der Waals surface area contributed by atoms with E-state index < -0.39 is 0 Å². The third-order valence-corrected chi connectivity index (χ3v) is 3.77. The van der Waals surface area contributed by atoms with Gasteiger partial charge in [-0.1, -0.05) is 45.0 Å². The Kier molecular flexibility index (Phi) is 2.59. The molecule has 0 aliphatic heterocycles. The summed E-state index contributed by atoms with van der Waals surface area (Å²) in [5.74, 6) is 0.671. The van der Waals surface area contributed by atoms with Gasteiger partial charge in [0.1, 0.15) is 0 Å². The van der Waals surface area contributed by atoms with Gasteiger partial charge >= 0.3 is 0 Å². The normalized spacial score (nSPS) is 24.9. The fourth-order valence-corrected chi connectivity index (χ4v) is 2.37. The average molecular weight is 203 g/mol. The van der Waals surface area contributed by atoms with E-state index in [4.69, 9.17) is 5.73 Å². The Morgan fingerprint density at radius 2 is 2.13 bits per heavy atom. The van der Waals surface area contributed by atoms with Crippen LogP contribution in [0.2, 0.25) is 0 Å². The first-order valence-corrected chi connectivity index (χ1v) is 5.89. The topological polar surface area (TPSA) is 26.0 Å². The van der Waals surface area contributed by atoms with Crippen LogP contribution in [0.1, 0.15) is 44.4 Å². The molecule has 0 aromatic heterocycles. The molecule has 2 N–H and O–H groups in total. The second-order valence-electron chi connectivity index (χ2n) is 5.42. The van der Waals surface area contributed by atoms with Crippen molar-refractivity contribution in [1.82, 2.24) is 0 Å². The fraction of sp³-hybridized carbons (Fsp3) is 0.571. The lowest BCUT2D eigenvalue weighted by atomic mass is 9.96. The molecule has 2 unspecified atom stereocenters. The maximum Gasteiger partial charge on any atom is 0.0328 e. The van der Waals surface area contributed by atoms with E-state index in [1.807, 2.05) is 0 Å². The van der Waals surface area contributed by atoms with Gasteiger partial charge in [-0.05, 0) is 35.3 Å². The molecule has 1 saturated carbocycles. The quantitative estimate of drug-likeness (QED) is 0.801. The highest BCUT2D eigenvalue weighted by molar-refractivity contribution is 5.28. The molecule has 2 atom stereocenters. The first kappa shape index (κ1) is 10.7. The number of hydrogen-bond acceptors (Lipinski definition) is 1. The van der Waals surface area contributed by atoms with E-state index in [-0.39, 0.29) is 6.04 Å². The van der Waals surface area contributed by atoms with Crippen molar-refractivity contribution in [2.24, 2.45) is 17.1 Å². The molecule has 0 bridgehead atoms. The molecule has 1 heteroatoms. The van der Waals surface area contributed by atoms with E-state index in [2.05, 4.69) is 45.0 Å². The van der Waals surface area contributed by atoms with Gasteiger partial charge in [-0.25, -0.2) is 0 Å². The maximum absolute atomic E-state index is 6.30. The van der Waals surface area contributed by atoms with Crippen molar-refractivity contribution in [3.63, 3.8) is 0 Å². The van der Waals surface area contributed by atoms with Gasteiger partial charge in [0.05, 0.1) is 0 Å². The summed E-state index contributed by atoms with van der Waals surface area (Å²) in [5, 5.41) is 0. The predicted molar refractivity (Wildman–Crippen MR) is 64.6 cm³/mol. The van der Waals surface area contributed by atoms with Crippen LogP contribution < -0.4 is 5.73 Å². The monoisotopic (exact) mass is 203 g/mol. The standard InChI is InChI=1S/C14H21N/c1-4-10-6-5-7-11(8-10)13(15)12-9-14(12,2)3/h5-8,12-13H,4,9,15H2,1-3H3. The Morgan fingerprint density at radius 3 is 2.67 bits per heavy atom. The van der Waals surface area contributed by atoms with Crippen LogP contribution in [0, 0.1) is 11.3 Å². The van der Waals surface area contributed by atoms with Gasteiger partial charge in [-0.15, -0.1) is 0 Å². The Labute approximate surface area is 92.7 Å². The molecule has 1 fully saturated rings. The maximum atomic E-state index is 6.30. The van der Waals surface area contributed by atoms with Crippen molar-refractivity contribution in [3.05, 3.63) is 35.4 Å². The van der Waals surface area contributed by atoms with Crippen LogP contribution in [0.5, 0.6) is 0 Å². The van der Waals surface area contributed by atoms with Gasteiger partial charge in [-0.3, -0.25) is 0 Å². The molecule has 0 radical (unpaired) electrons. The minimum atomic E-state index is 0.228. The molecule has 1 aliphatic rings. The zero-order chi connectivity index (χ0) is 11.1. The molecule has 0 saturated heterocycles. The number of benzene rings is 1. The summed E-state index contributed by atoms with van der Waals surface area (Å²) in [4.78, 5) is 0. The second-order valence-corrected chi connectivity index (χ2v) is 5.42. The molecule has 0 spiro atoms. The third kappa shape index (κ3) is 2.07. The first-order valence-electron chi connectivity index (χ1n) is 5.89. The zero-order valence-electron chi connectivity index (χ0n) is 9.96. The molecular formula is C14H21N. The molecule has 82 valence electrons. The van der Waals surface area contributed by atoms with Crippen molar-refractivity contribution in [1.29, 1.82) is 0 Å². The molecule has 0 amide bonds. The molecule has 1 aliphatic carbocycles. The smallest absolute Gasteiger partial charge is 0.0328 e. The summed E-state index contributed by atoms with van der Waals surface area (Å²) in [6, 6.07) is 8.96. The van der Waals surface area contributed by atoms with Crippen LogP contribution in [-0.4, -0.2) is 0 Å². The van der Waals surface area contributed by atoms with Crippen LogP contribution in [0.15, 0.2) is 24.3 Å². The van der Waals surface area contributed by atoms with Crippen LogP contribution in [0.3, 0.4) is 0 Å². The van der Waals surface area contributed by atoms with E-state index in [1.165, 1.54) is 17.5 Å². The lowest BCUT2D eigenvalue weighted by Gasteiger charge is -2.14. The van der Waals surface area contributed by atoms with E-state index in [9.17, 15) is 0 Å².